The molecule has 0 heterocycles. The van der Waals surface area contributed by atoms with Crippen molar-refractivity contribution in [1.82, 2.24) is 4.90 Å². The van der Waals surface area contributed by atoms with Gasteiger partial charge >= 0.3 is 5.97 Å². The number of nitrogens with zero attached hydrogens (tertiary/aromatic N) is 1. The highest BCUT2D eigenvalue weighted by atomic mass is 16.4. The van der Waals surface area contributed by atoms with Crippen LogP contribution in [0.3, 0.4) is 0 Å². The zero-order valence-electron chi connectivity index (χ0n) is 9.56. The molecule has 1 amide bonds. The number of hydrogen-bond donors (Lipinski definition) is 3. The Kier molecular flexibility index (Phi) is 7.49. The number of aliphatic hydroxyl groups is 1. The number of carbonyl (C=O) groups is 2. The first-order valence-corrected chi connectivity index (χ1v) is 5.32. The fourth-order valence-corrected chi connectivity index (χ4v) is 1.31. The highest BCUT2D eigenvalue weighted by Gasteiger charge is 2.20. The molecule has 6 nitrogen and oxygen atoms in total. The van der Waals surface area contributed by atoms with Crippen molar-refractivity contribution in [3.05, 3.63) is 0 Å². The molecule has 16 heavy (non-hydrogen) atoms. The van der Waals surface area contributed by atoms with E-state index in [1.807, 2.05) is 0 Å². The first-order valence-electron chi connectivity index (χ1n) is 5.32. The Bertz CT molecular complexity index is 233. The molecule has 0 bridgehead atoms. The average molecular weight is 232 g/mol. The number of rotatable bonds is 8. The van der Waals surface area contributed by atoms with Crippen LogP contribution in [0.4, 0.5) is 0 Å². The Hall–Kier alpha value is -1.14. The average Bonchev–Trinajstić information content (AvgIpc) is 2.22. The van der Waals surface area contributed by atoms with Crippen molar-refractivity contribution in [1.29, 1.82) is 0 Å². The molecule has 1 atom stereocenters. The van der Waals surface area contributed by atoms with Gasteiger partial charge in [0.1, 0.15) is 0 Å². The number of unbranched alkanes of at least 4 members (excludes halogenated alkanes) is 2. The normalized spacial score (nSPS) is 12.2. The van der Waals surface area contributed by atoms with Crippen LogP contribution in [-0.4, -0.2) is 53.2 Å². The van der Waals surface area contributed by atoms with Crippen molar-refractivity contribution in [2.45, 2.75) is 31.7 Å². The summed E-state index contributed by atoms with van der Waals surface area (Å²) in [6.07, 6.45) is 1.98. The minimum atomic E-state index is -1.07. The Labute approximate surface area is 95.0 Å². The molecule has 0 aliphatic heterocycles. The molecule has 0 aliphatic rings. The Morgan fingerprint density at radius 1 is 1.31 bits per heavy atom. The Balaban J connectivity index is 3.84. The number of carbonyl (C=O) groups excluding carboxylic acids is 1. The van der Waals surface area contributed by atoms with E-state index in [0.29, 0.717) is 13.0 Å². The van der Waals surface area contributed by atoms with Gasteiger partial charge in [0.05, 0.1) is 12.5 Å². The van der Waals surface area contributed by atoms with Crippen LogP contribution in [0.25, 0.3) is 0 Å². The molecule has 0 radical (unpaired) electrons. The van der Waals surface area contributed by atoms with Crippen molar-refractivity contribution >= 4 is 11.9 Å². The fourth-order valence-electron chi connectivity index (χ4n) is 1.31. The van der Waals surface area contributed by atoms with E-state index in [9.17, 15) is 9.59 Å². The molecule has 0 aromatic rings. The molecule has 0 saturated carbocycles. The number of aliphatic hydroxyl groups excluding tert-OH is 1. The van der Waals surface area contributed by atoms with Crippen LogP contribution in [0.5, 0.6) is 0 Å². The van der Waals surface area contributed by atoms with E-state index in [0.717, 1.165) is 12.8 Å². The zero-order valence-corrected chi connectivity index (χ0v) is 9.56. The maximum atomic E-state index is 11.5. The van der Waals surface area contributed by atoms with E-state index in [2.05, 4.69) is 0 Å². The van der Waals surface area contributed by atoms with Gasteiger partial charge in [-0.25, -0.2) is 0 Å². The van der Waals surface area contributed by atoms with Gasteiger partial charge in [-0.15, -0.1) is 0 Å². The Morgan fingerprint density at radius 2 is 1.94 bits per heavy atom. The second-order valence-corrected chi connectivity index (χ2v) is 3.75. The third-order valence-electron chi connectivity index (χ3n) is 2.24. The summed E-state index contributed by atoms with van der Waals surface area (Å²) in [5, 5.41) is 17.0. The first kappa shape index (κ1) is 14.9. The highest BCUT2D eigenvalue weighted by Crippen LogP contribution is 2.00. The molecule has 4 N–H and O–H groups in total. The minimum Gasteiger partial charge on any atom is -0.481 e. The summed E-state index contributed by atoms with van der Waals surface area (Å²) >= 11 is 0. The molecular weight excluding hydrogens is 212 g/mol. The van der Waals surface area contributed by atoms with Crippen LogP contribution in [0, 0.1) is 0 Å². The van der Waals surface area contributed by atoms with Crippen LogP contribution in [0.1, 0.15) is 25.7 Å². The topological polar surface area (TPSA) is 104 Å². The van der Waals surface area contributed by atoms with E-state index in [1.54, 1.807) is 7.05 Å². The van der Waals surface area contributed by atoms with Crippen LogP contribution in [0.2, 0.25) is 0 Å². The summed E-state index contributed by atoms with van der Waals surface area (Å²) in [6, 6.07) is -0.972. The largest absolute Gasteiger partial charge is 0.481 e. The third kappa shape index (κ3) is 6.36. The maximum Gasteiger partial charge on any atom is 0.305 e. The van der Waals surface area contributed by atoms with Crippen molar-refractivity contribution in [3.63, 3.8) is 0 Å². The van der Waals surface area contributed by atoms with Crippen LogP contribution in [-0.2, 0) is 9.59 Å². The fraction of sp³-hybridized carbons (Fsp3) is 0.800. The van der Waals surface area contributed by atoms with Gasteiger partial charge in [0, 0.05) is 20.2 Å². The van der Waals surface area contributed by atoms with Gasteiger partial charge in [-0.1, -0.05) is 0 Å². The molecule has 1 unspecified atom stereocenters. The first-order chi connectivity index (χ1) is 7.49. The Morgan fingerprint density at radius 3 is 2.44 bits per heavy atom. The lowest BCUT2D eigenvalue weighted by Gasteiger charge is -2.20. The predicted octanol–water partition coefficient (Wildman–Crippen LogP) is -0.591. The van der Waals surface area contributed by atoms with Gasteiger partial charge in [0.15, 0.2) is 0 Å². The van der Waals surface area contributed by atoms with Crippen LogP contribution in [0.15, 0.2) is 0 Å². The van der Waals surface area contributed by atoms with Crippen molar-refractivity contribution in [3.8, 4) is 0 Å². The third-order valence-corrected chi connectivity index (χ3v) is 2.24. The van der Waals surface area contributed by atoms with E-state index in [4.69, 9.17) is 15.9 Å². The predicted molar refractivity (Wildman–Crippen MR) is 58.8 cm³/mol. The van der Waals surface area contributed by atoms with Gasteiger partial charge in [-0.3, -0.25) is 9.59 Å². The summed E-state index contributed by atoms with van der Waals surface area (Å²) < 4.78 is 0. The van der Waals surface area contributed by atoms with Crippen molar-refractivity contribution in [2.24, 2.45) is 5.73 Å². The molecule has 0 saturated heterocycles. The molecular formula is C10H20N2O4. The second kappa shape index (κ2) is 8.06. The van der Waals surface area contributed by atoms with E-state index < -0.39 is 12.0 Å². The van der Waals surface area contributed by atoms with E-state index in [1.165, 1.54) is 4.90 Å². The molecule has 0 spiro atoms. The van der Waals surface area contributed by atoms with Crippen LogP contribution < -0.4 is 5.73 Å². The second-order valence-electron chi connectivity index (χ2n) is 3.75. The zero-order chi connectivity index (χ0) is 12.6. The molecule has 0 rings (SSSR count). The summed E-state index contributed by atoms with van der Waals surface area (Å²) in [5.41, 5.74) is 5.44. The summed E-state index contributed by atoms with van der Waals surface area (Å²) in [4.78, 5) is 23.3. The summed E-state index contributed by atoms with van der Waals surface area (Å²) in [6.45, 7) is 0.683. The van der Waals surface area contributed by atoms with Crippen molar-refractivity contribution < 1.29 is 19.8 Å². The number of aliphatic carboxylic acids is 1. The lowest BCUT2D eigenvalue weighted by Crippen LogP contribution is -2.43. The minimum absolute atomic E-state index is 0.149. The molecule has 0 aromatic carbocycles. The molecule has 0 fully saturated rings. The van der Waals surface area contributed by atoms with Gasteiger partial charge in [0.2, 0.25) is 5.91 Å². The summed E-state index contributed by atoms with van der Waals surface area (Å²) in [5.74, 6) is -1.43. The smallest absolute Gasteiger partial charge is 0.305 e. The van der Waals surface area contributed by atoms with Crippen molar-refractivity contribution in [2.75, 3.05) is 20.2 Å². The summed E-state index contributed by atoms with van der Waals surface area (Å²) in [7, 11) is 1.60. The maximum absolute atomic E-state index is 11.5. The van der Waals surface area contributed by atoms with Gasteiger partial charge in [0.25, 0.3) is 0 Å². The van der Waals surface area contributed by atoms with E-state index >= 15 is 0 Å². The van der Waals surface area contributed by atoms with Gasteiger partial charge in [-0.2, -0.15) is 0 Å². The van der Waals surface area contributed by atoms with Gasteiger partial charge in [-0.05, 0) is 19.3 Å². The van der Waals surface area contributed by atoms with Crippen LogP contribution >= 0.6 is 0 Å². The number of hydrogen-bond acceptors (Lipinski definition) is 4. The number of amides is 1. The molecule has 94 valence electrons. The number of carboxylic acids is 1. The standard InChI is InChI=1S/C10H20N2O4/c1-12(5-3-2-4-6-13)10(16)8(11)7-9(14)15/h8,13H,2-7,11H2,1H3,(H,14,15). The number of carboxylic acid groups (broad SMARTS) is 1. The molecule has 0 aliphatic carbocycles. The monoisotopic (exact) mass is 232 g/mol. The molecule has 6 heteroatoms. The quantitative estimate of drug-likeness (QED) is 0.485. The number of nitrogens with two attached hydrogens (primary N) is 1. The van der Waals surface area contributed by atoms with E-state index in [-0.39, 0.29) is 18.9 Å². The lowest BCUT2D eigenvalue weighted by molar-refractivity contribution is -0.141. The SMILES string of the molecule is CN(CCCCCO)C(=O)C(N)CC(=O)O. The number of likely N-dealkylation sites (N-methyl/N-ethyl adjacent to an activating group) is 1. The lowest BCUT2D eigenvalue weighted by atomic mass is 10.2. The highest BCUT2D eigenvalue weighted by molar-refractivity contribution is 5.85. The molecule has 0 aromatic heterocycles. The van der Waals surface area contributed by atoms with Gasteiger partial charge < -0.3 is 20.8 Å².